The molecule has 4 rings (SSSR count). The van der Waals surface area contributed by atoms with Gasteiger partial charge in [0.1, 0.15) is 0 Å². The van der Waals surface area contributed by atoms with Gasteiger partial charge >= 0.3 is 29.6 Å². The molecule has 0 atom stereocenters. The summed E-state index contributed by atoms with van der Waals surface area (Å²) in [5, 5.41) is 4.48. The Bertz CT molecular complexity index is 1130. The number of halogens is 3. The van der Waals surface area contributed by atoms with Crippen LogP contribution in [0.2, 0.25) is 15.1 Å². The second-order valence-corrected chi connectivity index (χ2v) is 7.79. The monoisotopic (exact) mass is 458 g/mol. The number of benzene rings is 2. The van der Waals surface area contributed by atoms with Crippen molar-refractivity contribution in [1.82, 2.24) is 9.97 Å². The maximum atomic E-state index is 12.2. The van der Waals surface area contributed by atoms with E-state index < -0.39 is 0 Å². The average molecular weight is 460 g/mol. The van der Waals surface area contributed by atoms with E-state index in [0.29, 0.717) is 30.8 Å². The van der Waals surface area contributed by atoms with Gasteiger partial charge < -0.3 is 5.32 Å². The molecule has 0 saturated carbocycles. The number of rotatable bonds is 2. The number of amidine groups is 1. The molecular formula is C18H10Cl3N4NaOS. The van der Waals surface area contributed by atoms with Crippen molar-refractivity contribution in [2.45, 2.75) is 0 Å². The van der Waals surface area contributed by atoms with Crippen LogP contribution in [0.25, 0.3) is 17.1 Å². The van der Waals surface area contributed by atoms with Crippen LogP contribution in [0.3, 0.4) is 0 Å². The fourth-order valence-electron chi connectivity index (χ4n) is 2.45. The van der Waals surface area contributed by atoms with Crippen molar-refractivity contribution in [2.24, 2.45) is 4.99 Å². The van der Waals surface area contributed by atoms with E-state index in [0.717, 1.165) is 16.6 Å². The Balaban J connectivity index is 0.00000225. The first-order chi connectivity index (χ1) is 13.0. The second-order valence-electron chi connectivity index (χ2n) is 5.51. The van der Waals surface area contributed by atoms with E-state index in [2.05, 4.69) is 20.3 Å². The fourth-order valence-corrected chi connectivity index (χ4v) is 4.18. The first kappa shape index (κ1) is 21.6. The molecule has 10 heteroatoms. The van der Waals surface area contributed by atoms with Gasteiger partial charge in [-0.25, -0.2) is 0 Å². The third-order valence-electron chi connectivity index (χ3n) is 3.65. The number of aromatic nitrogens is 2. The van der Waals surface area contributed by atoms with E-state index in [9.17, 15) is 4.79 Å². The van der Waals surface area contributed by atoms with E-state index in [1.165, 1.54) is 11.8 Å². The van der Waals surface area contributed by atoms with Crippen LogP contribution in [0.5, 0.6) is 0 Å². The van der Waals surface area contributed by atoms with E-state index in [-0.39, 0.29) is 35.5 Å². The Labute approximate surface area is 201 Å². The molecule has 28 heavy (non-hydrogen) atoms. The normalized spacial score (nSPS) is 14.9. The van der Waals surface area contributed by atoms with Gasteiger partial charge in [0, 0.05) is 17.4 Å². The summed E-state index contributed by atoms with van der Waals surface area (Å²) < 4.78 is 0. The molecule has 0 radical (unpaired) electrons. The molecule has 1 aromatic heterocycles. The van der Waals surface area contributed by atoms with Crippen molar-refractivity contribution in [3.05, 3.63) is 68.3 Å². The third-order valence-corrected chi connectivity index (χ3v) is 5.36. The number of nitrogens with zero attached hydrogens (tertiary/aromatic N) is 3. The van der Waals surface area contributed by atoms with Crippen molar-refractivity contribution in [3.8, 4) is 0 Å². The molecule has 0 aliphatic carbocycles. The predicted molar refractivity (Wildman–Crippen MR) is 120 cm³/mol. The average Bonchev–Trinajstić information content (AvgIpc) is 2.97. The molecule has 1 amide bonds. The molecule has 1 aliphatic rings. The van der Waals surface area contributed by atoms with Gasteiger partial charge in [0.05, 0.1) is 31.7 Å². The van der Waals surface area contributed by atoms with Crippen LogP contribution < -0.4 is 5.32 Å². The zero-order valence-electron chi connectivity index (χ0n) is 13.4. The van der Waals surface area contributed by atoms with Crippen LogP contribution in [0, 0.1) is 0 Å². The molecule has 0 fully saturated rings. The quantitative estimate of drug-likeness (QED) is 0.430. The second kappa shape index (κ2) is 9.13. The van der Waals surface area contributed by atoms with Gasteiger partial charge in [0.15, 0.2) is 5.17 Å². The summed E-state index contributed by atoms with van der Waals surface area (Å²) in [6.07, 6.45) is 5.01. The number of anilines is 1. The molecule has 136 valence electrons. The van der Waals surface area contributed by atoms with Gasteiger partial charge in [-0.15, -0.1) is 0 Å². The van der Waals surface area contributed by atoms with Crippen molar-refractivity contribution < 1.29 is 4.79 Å². The number of hydrogen-bond donors (Lipinski definition) is 1. The molecule has 0 saturated heterocycles. The molecule has 2 heterocycles. The summed E-state index contributed by atoms with van der Waals surface area (Å²) in [5.41, 5.74) is 2.82. The molecule has 1 N–H and O–H groups in total. The molecule has 1 aliphatic heterocycles. The van der Waals surface area contributed by atoms with Gasteiger partial charge in [-0.05, 0) is 47.7 Å². The molecule has 0 unspecified atom stereocenters. The summed E-state index contributed by atoms with van der Waals surface area (Å²) in [6.45, 7) is 0. The number of fused-ring (bicyclic) bond motifs is 1. The molecule has 5 nitrogen and oxygen atoms in total. The van der Waals surface area contributed by atoms with Crippen LogP contribution in [0.15, 0.2) is 52.6 Å². The summed E-state index contributed by atoms with van der Waals surface area (Å²) in [4.78, 5) is 25.2. The Hall–Kier alpha value is -1.12. The van der Waals surface area contributed by atoms with Crippen LogP contribution in [0.4, 0.5) is 5.69 Å². The Morgan fingerprint density at radius 3 is 2.36 bits per heavy atom. The number of carbonyl (C=O) groups excluding carboxylic acids is 1. The Morgan fingerprint density at radius 1 is 0.964 bits per heavy atom. The van der Waals surface area contributed by atoms with Crippen molar-refractivity contribution in [2.75, 3.05) is 5.32 Å². The van der Waals surface area contributed by atoms with E-state index in [4.69, 9.17) is 34.8 Å². The van der Waals surface area contributed by atoms with Crippen molar-refractivity contribution in [3.63, 3.8) is 0 Å². The maximum absolute atomic E-state index is 12.2. The number of aliphatic imine (C=N–C) groups is 1. The minimum atomic E-state index is -0.344. The van der Waals surface area contributed by atoms with Crippen LogP contribution in [-0.2, 0) is 4.79 Å². The molecule has 3 aromatic rings. The van der Waals surface area contributed by atoms with Crippen LogP contribution in [-0.4, -0.2) is 50.6 Å². The topological polar surface area (TPSA) is 67.2 Å². The fraction of sp³-hybridized carbons (Fsp3) is 0. The van der Waals surface area contributed by atoms with Crippen molar-refractivity contribution >= 4 is 110 Å². The predicted octanol–water partition coefficient (Wildman–Crippen LogP) is 5.02. The van der Waals surface area contributed by atoms with Gasteiger partial charge in [-0.2, -0.15) is 4.99 Å². The summed E-state index contributed by atoms with van der Waals surface area (Å²) in [5.74, 6) is -0.344. The summed E-state index contributed by atoms with van der Waals surface area (Å²) >= 11 is 19.4. The number of hydrogen-bond acceptors (Lipinski definition) is 5. The number of amides is 1. The molecular weight excluding hydrogens is 450 g/mol. The standard InChI is InChI=1S/C18H9Cl3N4OS.Na.H/c19-10-7-11(20)16(12(21)8-10)24-18-25-17(26)15(27-18)6-9-1-2-13-14(5-9)23-4-3-22-13;;/h1-8H,(H,24,25,26);;/b15-6+;;. The molecule has 0 spiro atoms. The zero-order valence-corrected chi connectivity index (χ0v) is 16.5. The van der Waals surface area contributed by atoms with Gasteiger partial charge in [-0.1, -0.05) is 40.9 Å². The number of carbonyl (C=O) groups is 1. The zero-order chi connectivity index (χ0) is 19.0. The third kappa shape index (κ3) is 4.71. The van der Waals surface area contributed by atoms with Crippen LogP contribution in [0.1, 0.15) is 5.56 Å². The first-order valence-electron chi connectivity index (χ1n) is 7.64. The number of nitrogens with one attached hydrogen (secondary N) is 1. The summed E-state index contributed by atoms with van der Waals surface area (Å²) in [7, 11) is 0. The molecule has 0 bridgehead atoms. The SMILES string of the molecule is O=C1N=C(Nc2c(Cl)cc(Cl)cc2Cl)S/C1=C/c1ccc2nccnc2c1.[NaH]. The van der Waals surface area contributed by atoms with Gasteiger partial charge in [-0.3, -0.25) is 14.8 Å². The van der Waals surface area contributed by atoms with E-state index in [1.807, 2.05) is 18.2 Å². The van der Waals surface area contributed by atoms with E-state index >= 15 is 0 Å². The minimum absolute atomic E-state index is 0. The van der Waals surface area contributed by atoms with Gasteiger partial charge in [0.25, 0.3) is 5.91 Å². The summed E-state index contributed by atoms with van der Waals surface area (Å²) in [6, 6.07) is 8.71. The van der Waals surface area contributed by atoms with Crippen molar-refractivity contribution in [1.29, 1.82) is 0 Å². The van der Waals surface area contributed by atoms with E-state index in [1.54, 1.807) is 30.6 Å². The molecule has 2 aromatic carbocycles. The van der Waals surface area contributed by atoms with Crippen LogP contribution >= 0.6 is 46.6 Å². The Kier molecular flexibility index (Phi) is 7.04. The number of thioether (sulfide) groups is 1. The van der Waals surface area contributed by atoms with Gasteiger partial charge in [0.2, 0.25) is 0 Å². The first-order valence-corrected chi connectivity index (χ1v) is 9.59. The Morgan fingerprint density at radius 2 is 1.64 bits per heavy atom.